The quantitative estimate of drug-likeness (QED) is 0.129. The number of hydrogen-bond acceptors (Lipinski definition) is 5. The molecule has 4 aromatic rings. The molecule has 0 saturated heterocycles. The highest BCUT2D eigenvalue weighted by Gasteiger charge is 2.27. The summed E-state index contributed by atoms with van der Waals surface area (Å²) in [6.45, 7) is 0. The summed E-state index contributed by atoms with van der Waals surface area (Å²) >= 11 is 0. The Morgan fingerprint density at radius 2 is 1.07 bits per heavy atom. The fraction of sp³-hybridized carbons (Fsp3) is 0.200. The van der Waals surface area contributed by atoms with Crippen LogP contribution >= 0.6 is 0 Å². The zero-order valence-electron chi connectivity index (χ0n) is 24.8. The van der Waals surface area contributed by atoms with E-state index in [1.54, 1.807) is 0 Å². The Hall–Kier alpha value is -5.48. The number of rotatable bonds is 13. The van der Waals surface area contributed by atoms with Crippen molar-refractivity contribution in [1.82, 2.24) is 21.5 Å². The molecule has 45 heavy (non-hydrogen) atoms. The van der Waals surface area contributed by atoms with E-state index in [0.29, 0.717) is 12.8 Å². The summed E-state index contributed by atoms with van der Waals surface area (Å²) in [7, 11) is 0. The van der Waals surface area contributed by atoms with Gasteiger partial charge in [-0.3, -0.25) is 19.8 Å². The van der Waals surface area contributed by atoms with Gasteiger partial charge in [0.1, 0.15) is 12.1 Å². The number of amides is 5. The van der Waals surface area contributed by atoms with Gasteiger partial charge in [-0.2, -0.15) is 0 Å². The van der Waals surface area contributed by atoms with Crippen molar-refractivity contribution in [3.05, 3.63) is 132 Å². The van der Waals surface area contributed by atoms with Crippen LogP contribution in [0.4, 0.5) is 4.79 Å². The fourth-order valence-electron chi connectivity index (χ4n) is 4.76. The standard InChI is InChI=1S/C35H38N6O4/c36-29(21-18-24-10-4-1-5-11-24)33(43)40-41-35(45)39-31(23-25-12-6-2-7-13-25)34(44)38-30(32(37)42)22-26-16-19-28(20-17-26)27-14-8-3-9-15-27/h1-17,19-20,29-31H,18,21-23,36H2,(H2,37,42)(H,38,44)(H,40,43)(H2,39,41,45)/t29-,30+,31+/m1/s1. The molecule has 0 radical (unpaired) electrons. The molecular formula is C35H38N6O4. The van der Waals surface area contributed by atoms with E-state index in [-0.39, 0.29) is 12.8 Å². The lowest BCUT2D eigenvalue weighted by Gasteiger charge is -2.23. The van der Waals surface area contributed by atoms with Crippen LogP contribution in [0, 0.1) is 0 Å². The van der Waals surface area contributed by atoms with Gasteiger partial charge in [0, 0.05) is 12.8 Å². The van der Waals surface area contributed by atoms with Gasteiger partial charge in [-0.1, -0.05) is 115 Å². The van der Waals surface area contributed by atoms with E-state index in [4.69, 9.17) is 11.5 Å². The third-order valence-corrected chi connectivity index (χ3v) is 7.29. The largest absolute Gasteiger partial charge is 0.368 e. The highest BCUT2D eigenvalue weighted by molar-refractivity contribution is 5.92. The molecule has 0 fully saturated rings. The molecule has 8 N–H and O–H groups in total. The number of nitrogens with one attached hydrogen (secondary N) is 4. The van der Waals surface area contributed by atoms with Crippen molar-refractivity contribution in [2.75, 3.05) is 0 Å². The summed E-state index contributed by atoms with van der Waals surface area (Å²) in [5, 5.41) is 5.27. The highest BCUT2D eigenvalue weighted by Crippen LogP contribution is 2.20. The number of nitrogens with two attached hydrogens (primary N) is 2. The SMILES string of the molecule is NC(=O)[C@H](Cc1ccc(-c2ccccc2)cc1)NC(=O)[C@H](Cc1ccccc1)NC(=O)NNC(=O)[C@H](N)CCc1ccccc1. The molecule has 4 rings (SSSR count). The molecular weight excluding hydrogens is 568 g/mol. The van der Waals surface area contributed by atoms with E-state index in [9.17, 15) is 19.2 Å². The number of carbonyl (C=O) groups excluding carboxylic acids is 4. The minimum Gasteiger partial charge on any atom is -0.368 e. The Morgan fingerprint density at radius 3 is 1.67 bits per heavy atom. The van der Waals surface area contributed by atoms with Crippen molar-refractivity contribution in [3.63, 3.8) is 0 Å². The summed E-state index contributed by atoms with van der Waals surface area (Å²) < 4.78 is 0. The van der Waals surface area contributed by atoms with Crippen molar-refractivity contribution in [2.45, 2.75) is 43.8 Å². The zero-order chi connectivity index (χ0) is 32.0. The molecule has 0 unspecified atom stereocenters. The van der Waals surface area contributed by atoms with Crippen molar-refractivity contribution in [2.24, 2.45) is 11.5 Å². The normalized spacial score (nSPS) is 12.6. The van der Waals surface area contributed by atoms with Gasteiger partial charge in [0.25, 0.3) is 5.91 Å². The number of hydrazine groups is 1. The fourth-order valence-corrected chi connectivity index (χ4v) is 4.76. The zero-order valence-corrected chi connectivity index (χ0v) is 24.8. The lowest BCUT2D eigenvalue weighted by Crippen LogP contribution is -2.58. The van der Waals surface area contributed by atoms with Crippen LogP contribution in [0.3, 0.4) is 0 Å². The smallest absolute Gasteiger partial charge is 0.334 e. The van der Waals surface area contributed by atoms with Crippen molar-refractivity contribution in [1.29, 1.82) is 0 Å². The molecule has 3 atom stereocenters. The van der Waals surface area contributed by atoms with Crippen LogP contribution in [-0.2, 0) is 33.6 Å². The van der Waals surface area contributed by atoms with E-state index in [1.807, 2.05) is 115 Å². The average Bonchev–Trinajstić information content (AvgIpc) is 3.07. The minimum absolute atomic E-state index is 0.127. The van der Waals surface area contributed by atoms with Gasteiger partial charge in [-0.15, -0.1) is 0 Å². The number of carbonyl (C=O) groups is 4. The topological polar surface area (TPSA) is 168 Å². The van der Waals surface area contributed by atoms with E-state index < -0.39 is 41.9 Å². The van der Waals surface area contributed by atoms with E-state index in [2.05, 4.69) is 21.5 Å². The molecule has 0 bridgehead atoms. The van der Waals surface area contributed by atoms with Crippen molar-refractivity contribution >= 4 is 23.8 Å². The average molecular weight is 607 g/mol. The summed E-state index contributed by atoms with van der Waals surface area (Å²) in [6, 6.07) is 32.4. The van der Waals surface area contributed by atoms with E-state index in [1.165, 1.54) is 0 Å². The molecule has 4 aromatic carbocycles. The molecule has 0 saturated carbocycles. The van der Waals surface area contributed by atoms with Gasteiger partial charge >= 0.3 is 6.03 Å². The van der Waals surface area contributed by atoms with Gasteiger partial charge in [0.15, 0.2) is 0 Å². The molecule has 5 amide bonds. The first-order valence-corrected chi connectivity index (χ1v) is 14.7. The monoisotopic (exact) mass is 606 g/mol. The second-order valence-electron chi connectivity index (χ2n) is 10.7. The highest BCUT2D eigenvalue weighted by atomic mass is 16.2. The number of benzene rings is 4. The second kappa shape index (κ2) is 16.4. The van der Waals surface area contributed by atoms with Crippen LogP contribution in [-0.4, -0.2) is 41.9 Å². The maximum atomic E-state index is 13.4. The van der Waals surface area contributed by atoms with E-state index >= 15 is 0 Å². The lowest BCUT2D eigenvalue weighted by molar-refractivity contribution is -0.128. The van der Waals surface area contributed by atoms with Crippen LogP contribution in [0.25, 0.3) is 11.1 Å². The van der Waals surface area contributed by atoms with Gasteiger partial charge in [-0.25, -0.2) is 10.2 Å². The molecule has 0 aromatic heterocycles. The Labute approximate surface area is 262 Å². The predicted molar refractivity (Wildman–Crippen MR) is 173 cm³/mol. The van der Waals surface area contributed by atoms with Gasteiger partial charge in [0.05, 0.1) is 6.04 Å². The van der Waals surface area contributed by atoms with Gasteiger partial charge < -0.3 is 22.1 Å². The molecule has 0 heterocycles. The Bertz CT molecular complexity index is 1550. The van der Waals surface area contributed by atoms with Crippen LogP contribution in [0.5, 0.6) is 0 Å². The molecule has 0 spiro atoms. The first kappa shape index (κ1) is 32.4. The maximum Gasteiger partial charge on any atom is 0.334 e. The van der Waals surface area contributed by atoms with Crippen molar-refractivity contribution < 1.29 is 19.2 Å². The van der Waals surface area contributed by atoms with Crippen LogP contribution in [0.1, 0.15) is 23.1 Å². The molecule has 10 nitrogen and oxygen atoms in total. The Morgan fingerprint density at radius 1 is 0.556 bits per heavy atom. The first-order chi connectivity index (χ1) is 21.8. The Balaban J connectivity index is 1.36. The molecule has 0 aliphatic heterocycles. The summed E-state index contributed by atoms with van der Waals surface area (Å²) in [5.41, 5.74) is 20.9. The Kier molecular flexibility index (Phi) is 11.8. The predicted octanol–water partition coefficient (Wildman–Crippen LogP) is 2.77. The van der Waals surface area contributed by atoms with Crippen LogP contribution in [0.2, 0.25) is 0 Å². The first-order valence-electron chi connectivity index (χ1n) is 14.7. The summed E-state index contributed by atoms with van der Waals surface area (Å²) in [5.74, 6) is -1.89. The van der Waals surface area contributed by atoms with E-state index in [0.717, 1.165) is 27.8 Å². The summed E-state index contributed by atoms with van der Waals surface area (Å²) in [6.07, 6.45) is 1.26. The molecule has 0 aliphatic rings. The second-order valence-corrected chi connectivity index (χ2v) is 10.7. The van der Waals surface area contributed by atoms with Crippen LogP contribution in [0.15, 0.2) is 115 Å². The molecule has 0 aliphatic carbocycles. The number of urea groups is 1. The van der Waals surface area contributed by atoms with Crippen LogP contribution < -0.4 is 33.0 Å². The maximum absolute atomic E-state index is 13.4. The van der Waals surface area contributed by atoms with Gasteiger partial charge in [-0.05, 0) is 40.7 Å². The number of hydrogen-bond donors (Lipinski definition) is 6. The van der Waals surface area contributed by atoms with Crippen molar-refractivity contribution in [3.8, 4) is 11.1 Å². The third kappa shape index (κ3) is 10.3. The lowest BCUT2D eigenvalue weighted by atomic mass is 9.99. The minimum atomic E-state index is -1.08. The van der Waals surface area contributed by atoms with Gasteiger partial charge in [0.2, 0.25) is 11.8 Å². The molecule has 232 valence electrons. The third-order valence-electron chi connectivity index (χ3n) is 7.29. The summed E-state index contributed by atoms with van der Waals surface area (Å²) in [4.78, 5) is 51.0. The number of primary amides is 1. The number of aryl methyl sites for hydroxylation is 1. The molecule has 10 heteroatoms.